The van der Waals surface area contributed by atoms with E-state index in [0.29, 0.717) is 0 Å². The Morgan fingerprint density at radius 1 is 1.17 bits per heavy atom. The maximum absolute atomic E-state index is 6.08. The van der Waals surface area contributed by atoms with Crippen molar-refractivity contribution in [2.75, 3.05) is 32.7 Å². The molecule has 18 heavy (non-hydrogen) atoms. The molecule has 1 heterocycles. The van der Waals surface area contributed by atoms with Crippen LogP contribution >= 0.6 is 0 Å². The van der Waals surface area contributed by atoms with Crippen LogP contribution in [0, 0.1) is 5.92 Å². The zero-order valence-corrected chi connectivity index (χ0v) is 12.5. The molecule has 3 nitrogen and oxygen atoms in total. The lowest BCUT2D eigenvalue weighted by Crippen LogP contribution is -2.59. The monoisotopic (exact) mass is 253 g/mol. The molecule has 2 fully saturated rings. The van der Waals surface area contributed by atoms with Crippen molar-refractivity contribution in [2.45, 2.75) is 58.0 Å². The summed E-state index contributed by atoms with van der Waals surface area (Å²) in [6, 6.07) is 0.923. The van der Waals surface area contributed by atoms with Gasteiger partial charge in [0.15, 0.2) is 0 Å². The van der Waals surface area contributed by atoms with Crippen molar-refractivity contribution in [1.82, 2.24) is 9.80 Å². The highest BCUT2D eigenvalue weighted by Gasteiger charge is 2.36. The Morgan fingerprint density at radius 3 is 2.22 bits per heavy atom. The molecule has 1 unspecified atom stereocenters. The van der Waals surface area contributed by atoms with Gasteiger partial charge in [-0.1, -0.05) is 13.8 Å². The van der Waals surface area contributed by atoms with Crippen molar-refractivity contribution in [2.24, 2.45) is 11.7 Å². The maximum atomic E-state index is 6.08. The third-order valence-electron chi connectivity index (χ3n) is 4.84. The summed E-state index contributed by atoms with van der Waals surface area (Å²) in [5.41, 5.74) is 6.30. The Hall–Kier alpha value is -0.120. The Kier molecular flexibility index (Phi) is 4.68. The molecule has 0 aromatic heterocycles. The summed E-state index contributed by atoms with van der Waals surface area (Å²) < 4.78 is 0. The average molecular weight is 253 g/mol. The van der Waals surface area contributed by atoms with Gasteiger partial charge in [-0.05, 0) is 38.5 Å². The van der Waals surface area contributed by atoms with Crippen LogP contribution in [0.25, 0.3) is 0 Å². The van der Waals surface area contributed by atoms with Gasteiger partial charge in [0, 0.05) is 44.3 Å². The fraction of sp³-hybridized carbons (Fsp3) is 1.00. The van der Waals surface area contributed by atoms with Gasteiger partial charge in [0.05, 0.1) is 0 Å². The van der Waals surface area contributed by atoms with Gasteiger partial charge in [-0.3, -0.25) is 9.80 Å². The third-order valence-corrected chi connectivity index (χ3v) is 4.84. The van der Waals surface area contributed by atoms with E-state index < -0.39 is 0 Å². The fourth-order valence-corrected chi connectivity index (χ4v) is 3.06. The lowest BCUT2D eigenvalue weighted by atomic mass is 9.89. The summed E-state index contributed by atoms with van der Waals surface area (Å²) >= 11 is 0. The Balaban J connectivity index is 1.83. The molecule has 1 saturated carbocycles. The van der Waals surface area contributed by atoms with Crippen LogP contribution in [-0.2, 0) is 0 Å². The van der Waals surface area contributed by atoms with E-state index in [1.807, 2.05) is 0 Å². The second kappa shape index (κ2) is 5.89. The number of hydrogen-bond acceptors (Lipinski definition) is 3. The Labute approximate surface area is 113 Å². The molecule has 1 aliphatic heterocycles. The minimum atomic E-state index is 0.222. The molecule has 1 saturated heterocycles. The predicted molar refractivity (Wildman–Crippen MR) is 77.7 cm³/mol. The van der Waals surface area contributed by atoms with E-state index in [0.717, 1.165) is 18.5 Å². The number of piperazine rings is 1. The van der Waals surface area contributed by atoms with Gasteiger partial charge in [0.1, 0.15) is 0 Å². The number of nitrogens with two attached hydrogens (primary N) is 1. The second-order valence-corrected chi connectivity index (χ2v) is 6.89. The minimum Gasteiger partial charge on any atom is -0.329 e. The summed E-state index contributed by atoms with van der Waals surface area (Å²) in [7, 11) is 0. The van der Waals surface area contributed by atoms with Crippen LogP contribution in [0.1, 0.15) is 46.5 Å². The summed E-state index contributed by atoms with van der Waals surface area (Å²) in [6.07, 6.45) is 5.39. The molecule has 2 rings (SSSR count). The van der Waals surface area contributed by atoms with E-state index in [1.165, 1.54) is 51.9 Å². The van der Waals surface area contributed by atoms with Crippen LogP contribution in [0.5, 0.6) is 0 Å². The molecule has 0 spiro atoms. The number of hydrogen-bond donors (Lipinski definition) is 1. The molecule has 106 valence electrons. The first-order valence-electron chi connectivity index (χ1n) is 7.74. The van der Waals surface area contributed by atoms with E-state index in [1.54, 1.807) is 0 Å². The average Bonchev–Trinajstić information content (AvgIpc) is 3.20. The first-order valence-corrected chi connectivity index (χ1v) is 7.74. The first kappa shape index (κ1) is 14.3. The van der Waals surface area contributed by atoms with Crippen LogP contribution in [0.4, 0.5) is 0 Å². The molecule has 1 atom stereocenters. The van der Waals surface area contributed by atoms with Gasteiger partial charge in [-0.2, -0.15) is 0 Å². The van der Waals surface area contributed by atoms with Crippen LogP contribution in [-0.4, -0.2) is 54.1 Å². The van der Waals surface area contributed by atoms with E-state index in [-0.39, 0.29) is 5.54 Å². The van der Waals surface area contributed by atoms with Crippen LogP contribution in [0.3, 0.4) is 0 Å². The zero-order valence-electron chi connectivity index (χ0n) is 12.5. The Morgan fingerprint density at radius 2 is 1.78 bits per heavy atom. The molecule has 3 heteroatoms. The SMILES string of the molecule is CC(C)CCC(C)(CN)N1CCN(C2CC2)CC1. The van der Waals surface area contributed by atoms with Crippen LogP contribution in [0.2, 0.25) is 0 Å². The van der Waals surface area contributed by atoms with Gasteiger partial charge in [-0.25, -0.2) is 0 Å². The quantitative estimate of drug-likeness (QED) is 0.785. The molecule has 0 aromatic rings. The van der Waals surface area contributed by atoms with E-state index in [2.05, 4.69) is 30.6 Å². The standard InChI is InChI=1S/C15H31N3/c1-13(2)6-7-15(3,12-16)18-10-8-17(9-11-18)14-4-5-14/h13-14H,4-12,16H2,1-3H3. The second-order valence-electron chi connectivity index (χ2n) is 6.89. The van der Waals surface area contributed by atoms with Crippen molar-refractivity contribution >= 4 is 0 Å². The van der Waals surface area contributed by atoms with Crippen molar-refractivity contribution < 1.29 is 0 Å². The molecule has 0 aromatic carbocycles. The van der Waals surface area contributed by atoms with Crippen LogP contribution in [0.15, 0.2) is 0 Å². The molecule has 2 aliphatic rings. The van der Waals surface area contributed by atoms with Gasteiger partial charge < -0.3 is 5.73 Å². The summed E-state index contributed by atoms with van der Waals surface area (Å²) in [5, 5.41) is 0. The number of nitrogens with zero attached hydrogens (tertiary/aromatic N) is 2. The van der Waals surface area contributed by atoms with Crippen molar-refractivity contribution in [1.29, 1.82) is 0 Å². The van der Waals surface area contributed by atoms with Crippen molar-refractivity contribution in [3.8, 4) is 0 Å². The molecular formula is C15H31N3. The van der Waals surface area contributed by atoms with E-state index in [9.17, 15) is 0 Å². The van der Waals surface area contributed by atoms with E-state index >= 15 is 0 Å². The molecule has 1 aliphatic carbocycles. The van der Waals surface area contributed by atoms with Gasteiger partial charge >= 0.3 is 0 Å². The molecule has 2 N–H and O–H groups in total. The highest BCUT2D eigenvalue weighted by molar-refractivity contribution is 4.93. The molecule has 0 bridgehead atoms. The van der Waals surface area contributed by atoms with Crippen LogP contribution < -0.4 is 5.73 Å². The fourth-order valence-electron chi connectivity index (χ4n) is 3.06. The normalized spacial score (nSPS) is 26.5. The topological polar surface area (TPSA) is 32.5 Å². The van der Waals surface area contributed by atoms with Crippen molar-refractivity contribution in [3.63, 3.8) is 0 Å². The van der Waals surface area contributed by atoms with E-state index in [4.69, 9.17) is 5.73 Å². The lowest BCUT2D eigenvalue weighted by molar-refractivity contribution is 0.0356. The smallest absolute Gasteiger partial charge is 0.0304 e. The summed E-state index contributed by atoms with van der Waals surface area (Å²) in [4.78, 5) is 5.32. The van der Waals surface area contributed by atoms with Gasteiger partial charge in [0.25, 0.3) is 0 Å². The highest BCUT2D eigenvalue weighted by atomic mass is 15.3. The molecular weight excluding hydrogens is 222 g/mol. The summed E-state index contributed by atoms with van der Waals surface area (Å²) in [5.74, 6) is 0.781. The maximum Gasteiger partial charge on any atom is 0.0304 e. The van der Waals surface area contributed by atoms with Crippen molar-refractivity contribution in [3.05, 3.63) is 0 Å². The highest BCUT2D eigenvalue weighted by Crippen LogP contribution is 2.30. The zero-order chi connectivity index (χ0) is 13.2. The first-order chi connectivity index (χ1) is 8.55. The summed E-state index contributed by atoms with van der Waals surface area (Å²) in [6.45, 7) is 12.7. The molecule has 0 amide bonds. The number of rotatable bonds is 6. The third kappa shape index (κ3) is 3.46. The van der Waals surface area contributed by atoms with Gasteiger partial charge in [0.2, 0.25) is 0 Å². The Bertz CT molecular complexity index is 254. The largest absolute Gasteiger partial charge is 0.329 e. The lowest BCUT2D eigenvalue weighted by Gasteiger charge is -2.46. The predicted octanol–water partition coefficient (Wildman–Crippen LogP) is 1.92. The molecule has 0 radical (unpaired) electrons. The van der Waals surface area contributed by atoms with Gasteiger partial charge in [-0.15, -0.1) is 0 Å². The minimum absolute atomic E-state index is 0.222.